The first kappa shape index (κ1) is 13.5. The molecule has 0 aliphatic carbocycles. The second-order valence-corrected chi connectivity index (χ2v) is 6.11. The highest BCUT2D eigenvalue weighted by molar-refractivity contribution is 5.85. The standard InChI is InChI=1S/C13H26N2O/c1-6-14-13(4,5)11(16)15-9-7-12(2,3)8-10-15/h14H,6-10H2,1-5H3. The van der Waals surface area contributed by atoms with Crippen LogP contribution in [0.4, 0.5) is 0 Å². The van der Waals surface area contributed by atoms with E-state index in [-0.39, 0.29) is 5.91 Å². The molecule has 1 fully saturated rings. The molecular weight excluding hydrogens is 200 g/mol. The van der Waals surface area contributed by atoms with Crippen LogP contribution < -0.4 is 5.32 Å². The van der Waals surface area contributed by atoms with Crippen LogP contribution in [0, 0.1) is 5.41 Å². The zero-order valence-corrected chi connectivity index (χ0v) is 11.4. The molecule has 0 aromatic rings. The number of likely N-dealkylation sites (tertiary alicyclic amines) is 1. The SMILES string of the molecule is CCNC(C)(C)C(=O)N1CCC(C)(C)CC1. The average molecular weight is 226 g/mol. The molecule has 1 saturated heterocycles. The summed E-state index contributed by atoms with van der Waals surface area (Å²) in [7, 11) is 0. The van der Waals surface area contributed by atoms with Crippen molar-refractivity contribution < 1.29 is 4.79 Å². The number of amides is 1. The number of carbonyl (C=O) groups is 1. The van der Waals surface area contributed by atoms with Crippen molar-refractivity contribution in [3.63, 3.8) is 0 Å². The predicted molar refractivity (Wildman–Crippen MR) is 67.4 cm³/mol. The van der Waals surface area contributed by atoms with Crippen molar-refractivity contribution in [2.75, 3.05) is 19.6 Å². The van der Waals surface area contributed by atoms with Gasteiger partial charge in [0.1, 0.15) is 0 Å². The van der Waals surface area contributed by atoms with Crippen LogP contribution in [0.2, 0.25) is 0 Å². The summed E-state index contributed by atoms with van der Waals surface area (Å²) in [6.07, 6.45) is 2.22. The smallest absolute Gasteiger partial charge is 0.242 e. The molecule has 0 unspecified atom stereocenters. The summed E-state index contributed by atoms with van der Waals surface area (Å²) in [6.45, 7) is 13.2. The molecule has 16 heavy (non-hydrogen) atoms. The molecule has 1 amide bonds. The minimum absolute atomic E-state index is 0.241. The molecule has 1 N–H and O–H groups in total. The van der Waals surface area contributed by atoms with Crippen molar-refractivity contribution in [1.29, 1.82) is 0 Å². The highest BCUT2D eigenvalue weighted by Gasteiger charge is 2.34. The summed E-state index contributed by atoms with van der Waals surface area (Å²) in [5.41, 5.74) is -0.0185. The Morgan fingerprint density at radius 3 is 2.25 bits per heavy atom. The minimum atomic E-state index is -0.420. The zero-order chi connectivity index (χ0) is 12.4. The Kier molecular flexibility index (Phi) is 4.00. The van der Waals surface area contributed by atoms with Gasteiger partial charge in [-0.15, -0.1) is 0 Å². The van der Waals surface area contributed by atoms with Gasteiger partial charge >= 0.3 is 0 Å². The number of likely N-dealkylation sites (N-methyl/N-ethyl adjacent to an activating group) is 1. The van der Waals surface area contributed by atoms with Crippen molar-refractivity contribution in [3.05, 3.63) is 0 Å². The molecule has 0 spiro atoms. The fourth-order valence-corrected chi connectivity index (χ4v) is 2.23. The first-order chi connectivity index (χ1) is 7.28. The molecule has 3 nitrogen and oxygen atoms in total. The number of nitrogens with zero attached hydrogens (tertiary/aromatic N) is 1. The van der Waals surface area contributed by atoms with Gasteiger partial charge in [0.15, 0.2) is 0 Å². The minimum Gasteiger partial charge on any atom is -0.341 e. The fourth-order valence-electron chi connectivity index (χ4n) is 2.23. The molecule has 1 aliphatic heterocycles. The Hall–Kier alpha value is -0.570. The maximum atomic E-state index is 12.3. The molecule has 3 heteroatoms. The topological polar surface area (TPSA) is 32.3 Å². The molecule has 0 bridgehead atoms. The van der Waals surface area contributed by atoms with Crippen molar-refractivity contribution in [2.24, 2.45) is 5.41 Å². The third-order valence-electron chi connectivity index (χ3n) is 3.56. The molecule has 0 saturated carbocycles. The van der Waals surface area contributed by atoms with Gasteiger partial charge in [-0.05, 0) is 38.6 Å². The average Bonchev–Trinajstić information content (AvgIpc) is 2.16. The van der Waals surface area contributed by atoms with Gasteiger partial charge in [0.25, 0.3) is 0 Å². The second-order valence-electron chi connectivity index (χ2n) is 6.11. The lowest BCUT2D eigenvalue weighted by Gasteiger charge is -2.40. The maximum Gasteiger partial charge on any atom is 0.242 e. The van der Waals surface area contributed by atoms with Gasteiger partial charge < -0.3 is 10.2 Å². The van der Waals surface area contributed by atoms with E-state index in [2.05, 4.69) is 19.2 Å². The lowest BCUT2D eigenvalue weighted by molar-refractivity contribution is -0.139. The van der Waals surface area contributed by atoms with Crippen molar-refractivity contribution in [2.45, 2.75) is 53.0 Å². The summed E-state index contributed by atoms with van der Waals surface area (Å²) < 4.78 is 0. The Bertz CT molecular complexity index is 249. The van der Waals surface area contributed by atoms with E-state index in [0.29, 0.717) is 5.41 Å². The van der Waals surface area contributed by atoms with E-state index in [9.17, 15) is 4.79 Å². The molecule has 1 heterocycles. The van der Waals surface area contributed by atoms with Crippen molar-refractivity contribution in [1.82, 2.24) is 10.2 Å². The van der Waals surface area contributed by atoms with E-state index >= 15 is 0 Å². The summed E-state index contributed by atoms with van der Waals surface area (Å²) in [5, 5.41) is 3.25. The number of piperidine rings is 1. The van der Waals surface area contributed by atoms with Gasteiger partial charge in [0, 0.05) is 13.1 Å². The van der Waals surface area contributed by atoms with E-state index in [1.54, 1.807) is 0 Å². The third-order valence-corrected chi connectivity index (χ3v) is 3.56. The van der Waals surface area contributed by atoms with Gasteiger partial charge in [-0.3, -0.25) is 4.79 Å². The van der Waals surface area contributed by atoms with Crippen LogP contribution in [0.3, 0.4) is 0 Å². The van der Waals surface area contributed by atoms with Crippen LogP contribution in [-0.2, 0) is 4.79 Å². The van der Waals surface area contributed by atoms with Crippen LogP contribution in [-0.4, -0.2) is 36.0 Å². The maximum absolute atomic E-state index is 12.3. The van der Waals surface area contributed by atoms with Crippen LogP contribution in [0.5, 0.6) is 0 Å². The lowest BCUT2D eigenvalue weighted by Crippen LogP contribution is -2.56. The zero-order valence-electron chi connectivity index (χ0n) is 11.4. The van der Waals surface area contributed by atoms with Gasteiger partial charge in [-0.1, -0.05) is 20.8 Å². The number of hydrogen-bond acceptors (Lipinski definition) is 2. The monoisotopic (exact) mass is 226 g/mol. The van der Waals surface area contributed by atoms with Crippen molar-refractivity contribution in [3.8, 4) is 0 Å². The summed E-state index contributed by atoms with van der Waals surface area (Å²) >= 11 is 0. The molecule has 94 valence electrons. The molecule has 0 aromatic carbocycles. The van der Waals surface area contributed by atoms with E-state index < -0.39 is 5.54 Å². The molecule has 0 aromatic heterocycles. The second kappa shape index (κ2) is 4.74. The molecular formula is C13H26N2O. The molecule has 0 radical (unpaired) electrons. The highest BCUT2D eigenvalue weighted by atomic mass is 16.2. The molecule has 1 aliphatic rings. The van der Waals surface area contributed by atoms with Gasteiger partial charge in [-0.2, -0.15) is 0 Å². The van der Waals surface area contributed by atoms with E-state index in [4.69, 9.17) is 0 Å². The van der Waals surface area contributed by atoms with Crippen LogP contribution in [0.15, 0.2) is 0 Å². The van der Waals surface area contributed by atoms with Crippen LogP contribution >= 0.6 is 0 Å². The Morgan fingerprint density at radius 1 is 1.31 bits per heavy atom. The number of nitrogens with one attached hydrogen (secondary N) is 1. The Morgan fingerprint density at radius 2 is 1.81 bits per heavy atom. The van der Waals surface area contributed by atoms with Crippen LogP contribution in [0.1, 0.15) is 47.5 Å². The first-order valence-electron chi connectivity index (χ1n) is 6.33. The number of hydrogen-bond donors (Lipinski definition) is 1. The predicted octanol–water partition coefficient (Wildman–Crippen LogP) is 2.02. The molecule has 1 rings (SSSR count). The number of carbonyl (C=O) groups excluding carboxylic acids is 1. The van der Waals surface area contributed by atoms with Gasteiger partial charge in [0.05, 0.1) is 5.54 Å². The van der Waals surface area contributed by atoms with Gasteiger partial charge in [0.2, 0.25) is 5.91 Å². The fraction of sp³-hybridized carbons (Fsp3) is 0.923. The number of rotatable bonds is 3. The first-order valence-corrected chi connectivity index (χ1v) is 6.33. The summed E-state index contributed by atoms with van der Waals surface area (Å²) in [6, 6.07) is 0. The largest absolute Gasteiger partial charge is 0.341 e. The quantitative estimate of drug-likeness (QED) is 0.798. The lowest BCUT2D eigenvalue weighted by atomic mass is 9.82. The Labute approximate surface area is 99.6 Å². The van der Waals surface area contributed by atoms with Crippen molar-refractivity contribution >= 4 is 5.91 Å². The van der Waals surface area contributed by atoms with E-state index in [1.807, 2.05) is 25.7 Å². The third kappa shape index (κ3) is 3.21. The normalized spacial score (nSPS) is 20.9. The summed E-state index contributed by atoms with van der Waals surface area (Å²) in [5.74, 6) is 0.241. The van der Waals surface area contributed by atoms with E-state index in [1.165, 1.54) is 0 Å². The Balaban J connectivity index is 2.57. The summed E-state index contributed by atoms with van der Waals surface area (Å²) in [4.78, 5) is 14.3. The van der Waals surface area contributed by atoms with Crippen LogP contribution in [0.25, 0.3) is 0 Å². The van der Waals surface area contributed by atoms with Gasteiger partial charge in [-0.25, -0.2) is 0 Å². The molecule has 0 atom stereocenters. The highest BCUT2D eigenvalue weighted by Crippen LogP contribution is 2.30. The van der Waals surface area contributed by atoms with E-state index in [0.717, 1.165) is 32.5 Å².